The van der Waals surface area contributed by atoms with Gasteiger partial charge in [0.25, 0.3) is 0 Å². The number of carbonyl (C=O) groups excluding carboxylic acids is 1. The second kappa shape index (κ2) is 10.3. The Balaban J connectivity index is 2.72. The molecule has 0 aliphatic carbocycles. The number of ether oxygens (including phenoxy) is 2. The topological polar surface area (TPSA) is 169 Å². The molecule has 1 heterocycles. The van der Waals surface area contributed by atoms with Gasteiger partial charge in [0, 0.05) is 7.11 Å². The standard InChI is InChI=1S/C15H29NO9/c1-7(18)12(20)8(16-11(19)6-24-2)3-4-9-13(21)15(23)14(22)10(5-17)25-9/h7-10,12-15,17-18,20-23H,3-6H2,1-2H3,(H,16,19)/t7-,8+,9-,10?,12?,13?,14+,15?/m1/s1. The summed E-state index contributed by atoms with van der Waals surface area (Å²) >= 11 is 0. The number of aliphatic hydroxyl groups is 6. The zero-order chi connectivity index (χ0) is 19.1. The van der Waals surface area contributed by atoms with E-state index in [0.717, 1.165) is 0 Å². The van der Waals surface area contributed by atoms with Crippen LogP contribution < -0.4 is 5.32 Å². The predicted octanol–water partition coefficient (Wildman–Crippen LogP) is -3.52. The highest BCUT2D eigenvalue weighted by Crippen LogP contribution is 2.25. The van der Waals surface area contributed by atoms with E-state index in [1.54, 1.807) is 0 Å². The Morgan fingerprint density at radius 2 is 1.76 bits per heavy atom. The average molecular weight is 367 g/mol. The highest BCUT2D eigenvalue weighted by Gasteiger charge is 2.43. The number of aliphatic hydroxyl groups excluding tert-OH is 6. The van der Waals surface area contributed by atoms with Crippen LogP contribution in [0.3, 0.4) is 0 Å². The molecule has 25 heavy (non-hydrogen) atoms. The molecular weight excluding hydrogens is 338 g/mol. The summed E-state index contributed by atoms with van der Waals surface area (Å²) in [7, 11) is 1.34. The summed E-state index contributed by atoms with van der Waals surface area (Å²) in [5, 5.41) is 60.9. The van der Waals surface area contributed by atoms with Crippen LogP contribution in [0.1, 0.15) is 19.8 Å². The van der Waals surface area contributed by atoms with Gasteiger partial charge in [0.15, 0.2) is 0 Å². The molecule has 1 aliphatic heterocycles. The second-order valence-corrected chi connectivity index (χ2v) is 6.28. The van der Waals surface area contributed by atoms with Gasteiger partial charge in [-0.25, -0.2) is 0 Å². The molecule has 148 valence electrons. The monoisotopic (exact) mass is 367 g/mol. The number of hydrogen-bond donors (Lipinski definition) is 7. The van der Waals surface area contributed by atoms with Crippen LogP contribution in [0, 0.1) is 0 Å². The van der Waals surface area contributed by atoms with E-state index in [-0.39, 0.29) is 19.4 Å². The Kier molecular flexibility index (Phi) is 9.17. The van der Waals surface area contributed by atoms with Gasteiger partial charge < -0.3 is 45.4 Å². The van der Waals surface area contributed by atoms with Gasteiger partial charge in [-0.2, -0.15) is 0 Å². The maximum absolute atomic E-state index is 11.7. The van der Waals surface area contributed by atoms with Gasteiger partial charge in [-0.15, -0.1) is 0 Å². The molecule has 1 aliphatic rings. The van der Waals surface area contributed by atoms with Gasteiger partial charge in [0.05, 0.1) is 31.0 Å². The smallest absolute Gasteiger partial charge is 0.246 e. The molecule has 1 saturated heterocycles. The highest BCUT2D eigenvalue weighted by atomic mass is 16.5. The van der Waals surface area contributed by atoms with Crippen molar-refractivity contribution >= 4 is 5.91 Å². The number of carbonyl (C=O) groups is 1. The van der Waals surface area contributed by atoms with Gasteiger partial charge >= 0.3 is 0 Å². The molecule has 7 N–H and O–H groups in total. The first-order valence-electron chi connectivity index (χ1n) is 8.17. The Hall–Kier alpha value is -0.850. The summed E-state index contributed by atoms with van der Waals surface area (Å²) in [6.07, 6.45) is -8.42. The number of hydrogen-bond acceptors (Lipinski definition) is 9. The molecule has 0 bridgehead atoms. The lowest BCUT2D eigenvalue weighted by molar-refractivity contribution is -0.231. The zero-order valence-corrected chi connectivity index (χ0v) is 14.4. The number of rotatable bonds is 9. The molecule has 8 atom stereocenters. The van der Waals surface area contributed by atoms with Crippen molar-refractivity contribution in [1.29, 1.82) is 0 Å². The third-order valence-corrected chi connectivity index (χ3v) is 4.28. The van der Waals surface area contributed by atoms with Crippen LogP contribution in [0.4, 0.5) is 0 Å². The molecule has 0 aromatic rings. The normalized spacial score (nSPS) is 33.5. The zero-order valence-electron chi connectivity index (χ0n) is 14.4. The van der Waals surface area contributed by atoms with Gasteiger partial charge in [0.1, 0.15) is 31.0 Å². The molecule has 10 heteroatoms. The maximum Gasteiger partial charge on any atom is 0.246 e. The largest absolute Gasteiger partial charge is 0.394 e. The molecule has 0 radical (unpaired) electrons. The molecule has 0 aromatic carbocycles. The summed E-state index contributed by atoms with van der Waals surface area (Å²) in [4.78, 5) is 11.7. The molecule has 0 saturated carbocycles. The Morgan fingerprint density at radius 3 is 2.28 bits per heavy atom. The first kappa shape index (κ1) is 22.2. The van der Waals surface area contributed by atoms with Crippen LogP contribution in [0.2, 0.25) is 0 Å². The first-order valence-corrected chi connectivity index (χ1v) is 8.17. The van der Waals surface area contributed by atoms with E-state index < -0.39 is 61.3 Å². The van der Waals surface area contributed by atoms with E-state index in [4.69, 9.17) is 9.47 Å². The minimum atomic E-state index is -1.49. The fourth-order valence-electron chi connectivity index (χ4n) is 2.81. The van der Waals surface area contributed by atoms with E-state index in [9.17, 15) is 35.4 Å². The molecule has 1 rings (SSSR count). The lowest BCUT2D eigenvalue weighted by atomic mass is 9.90. The van der Waals surface area contributed by atoms with Crippen molar-refractivity contribution in [2.45, 2.75) is 68.5 Å². The lowest BCUT2D eigenvalue weighted by Crippen LogP contribution is -2.59. The third kappa shape index (κ3) is 6.12. The number of amides is 1. The van der Waals surface area contributed by atoms with Crippen LogP contribution >= 0.6 is 0 Å². The van der Waals surface area contributed by atoms with Crippen LogP contribution in [0.25, 0.3) is 0 Å². The summed E-state index contributed by atoms with van der Waals surface area (Å²) in [5.74, 6) is -0.485. The van der Waals surface area contributed by atoms with Crippen LogP contribution in [0.15, 0.2) is 0 Å². The van der Waals surface area contributed by atoms with E-state index in [1.807, 2.05) is 0 Å². The van der Waals surface area contributed by atoms with Gasteiger partial charge in [-0.3, -0.25) is 4.79 Å². The fourth-order valence-corrected chi connectivity index (χ4v) is 2.81. The molecular formula is C15H29NO9. The van der Waals surface area contributed by atoms with E-state index in [1.165, 1.54) is 14.0 Å². The molecule has 0 spiro atoms. The van der Waals surface area contributed by atoms with Crippen molar-refractivity contribution in [2.24, 2.45) is 0 Å². The molecule has 0 aromatic heterocycles. The van der Waals surface area contributed by atoms with E-state index >= 15 is 0 Å². The number of nitrogens with one attached hydrogen (secondary N) is 1. The minimum Gasteiger partial charge on any atom is -0.394 e. The van der Waals surface area contributed by atoms with Crippen molar-refractivity contribution in [1.82, 2.24) is 5.32 Å². The summed E-state index contributed by atoms with van der Waals surface area (Å²) in [6, 6.07) is -0.838. The minimum absolute atomic E-state index is 0.100. The molecule has 1 amide bonds. The SMILES string of the molecule is COCC(=O)N[C@@H](CC[C@H]1OC(CO)[C@H](O)C(O)C1O)C(O)[C@@H](C)O. The Bertz CT molecular complexity index is 406. The van der Waals surface area contributed by atoms with Crippen LogP contribution in [0.5, 0.6) is 0 Å². The van der Waals surface area contributed by atoms with Gasteiger partial charge in [-0.05, 0) is 19.8 Å². The quantitative estimate of drug-likeness (QED) is 0.218. The number of methoxy groups -OCH3 is 1. The molecule has 10 nitrogen and oxygen atoms in total. The van der Waals surface area contributed by atoms with Crippen molar-refractivity contribution in [3.8, 4) is 0 Å². The van der Waals surface area contributed by atoms with Crippen molar-refractivity contribution in [3.63, 3.8) is 0 Å². The first-order chi connectivity index (χ1) is 11.7. The van der Waals surface area contributed by atoms with Crippen LogP contribution in [-0.4, -0.2) is 106 Å². The summed E-state index contributed by atoms with van der Waals surface area (Å²) in [5.41, 5.74) is 0. The van der Waals surface area contributed by atoms with Gasteiger partial charge in [0.2, 0.25) is 5.91 Å². The van der Waals surface area contributed by atoms with Crippen molar-refractivity contribution < 1.29 is 44.9 Å². The summed E-state index contributed by atoms with van der Waals surface area (Å²) in [6.45, 7) is 0.614. The second-order valence-electron chi connectivity index (χ2n) is 6.28. The molecule has 4 unspecified atom stereocenters. The summed E-state index contributed by atoms with van der Waals surface area (Å²) < 4.78 is 10.1. The van der Waals surface area contributed by atoms with Crippen LogP contribution in [-0.2, 0) is 14.3 Å². The average Bonchev–Trinajstić information content (AvgIpc) is 2.57. The highest BCUT2D eigenvalue weighted by molar-refractivity contribution is 5.77. The Labute approximate surface area is 146 Å². The van der Waals surface area contributed by atoms with Gasteiger partial charge in [-0.1, -0.05) is 0 Å². The Morgan fingerprint density at radius 1 is 1.16 bits per heavy atom. The van der Waals surface area contributed by atoms with E-state index in [2.05, 4.69) is 5.32 Å². The maximum atomic E-state index is 11.7. The third-order valence-electron chi connectivity index (χ3n) is 4.28. The van der Waals surface area contributed by atoms with Crippen molar-refractivity contribution in [2.75, 3.05) is 20.3 Å². The lowest BCUT2D eigenvalue weighted by Gasteiger charge is -2.40. The molecule has 1 fully saturated rings. The van der Waals surface area contributed by atoms with E-state index in [0.29, 0.717) is 0 Å². The fraction of sp³-hybridized carbons (Fsp3) is 0.933. The predicted molar refractivity (Wildman–Crippen MR) is 84.5 cm³/mol. The van der Waals surface area contributed by atoms with Crippen molar-refractivity contribution in [3.05, 3.63) is 0 Å².